The third kappa shape index (κ3) is 2.43. The van der Waals surface area contributed by atoms with Gasteiger partial charge in [-0.1, -0.05) is 0 Å². The smallest absolute Gasteiger partial charge is 0.471 e. The summed E-state index contributed by atoms with van der Waals surface area (Å²) in [6.45, 7) is -0.581. The lowest BCUT2D eigenvalue weighted by Gasteiger charge is -2.36. The molecule has 0 aromatic rings. The van der Waals surface area contributed by atoms with Crippen molar-refractivity contribution in [2.24, 2.45) is 5.73 Å². The minimum absolute atomic E-state index is 0.176. The van der Waals surface area contributed by atoms with Crippen molar-refractivity contribution in [2.75, 3.05) is 13.1 Å². The van der Waals surface area contributed by atoms with E-state index in [2.05, 4.69) is 0 Å². The molecule has 0 aromatic heterocycles. The van der Waals surface area contributed by atoms with E-state index < -0.39 is 23.6 Å². The van der Waals surface area contributed by atoms with Crippen molar-refractivity contribution in [3.05, 3.63) is 0 Å². The van der Waals surface area contributed by atoms with Gasteiger partial charge >= 0.3 is 18.1 Å². The first-order chi connectivity index (χ1) is 7.17. The maximum Gasteiger partial charge on any atom is 0.471 e. The molecule has 1 rings (SSSR count). The molecule has 0 bridgehead atoms. The second-order valence-corrected chi connectivity index (χ2v) is 3.75. The van der Waals surface area contributed by atoms with Gasteiger partial charge in [-0.15, -0.1) is 0 Å². The number of piperidine rings is 1. The Hall–Kier alpha value is -1.31. The monoisotopic (exact) mass is 240 g/mol. The molecule has 0 unspecified atom stereocenters. The number of carboxylic acid groups (broad SMARTS) is 1. The molecule has 0 aliphatic carbocycles. The van der Waals surface area contributed by atoms with Gasteiger partial charge < -0.3 is 15.7 Å². The van der Waals surface area contributed by atoms with Crippen LogP contribution < -0.4 is 5.73 Å². The summed E-state index contributed by atoms with van der Waals surface area (Å²) in [7, 11) is 0. The van der Waals surface area contributed by atoms with E-state index >= 15 is 0 Å². The quantitative estimate of drug-likeness (QED) is 0.673. The standard InChI is InChI=1S/C8H11F3N2O3/c9-8(10,11)5(14)13-3-1-7(12,2-4-13)6(15)16/h1-4,12H2,(H,15,16). The Morgan fingerprint density at radius 3 is 2.00 bits per heavy atom. The van der Waals surface area contributed by atoms with Gasteiger partial charge in [0.2, 0.25) is 0 Å². The molecule has 8 heteroatoms. The number of nitrogens with zero attached hydrogens (tertiary/aromatic N) is 1. The van der Waals surface area contributed by atoms with Crippen molar-refractivity contribution >= 4 is 11.9 Å². The van der Waals surface area contributed by atoms with E-state index in [1.54, 1.807) is 0 Å². The van der Waals surface area contributed by atoms with Crippen molar-refractivity contribution in [3.8, 4) is 0 Å². The van der Waals surface area contributed by atoms with Crippen LogP contribution in [0.5, 0.6) is 0 Å². The van der Waals surface area contributed by atoms with Crippen molar-refractivity contribution in [2.45, 2.75) is 24.6 Å². The average molecular weight is 240 g/mol. The summed E-state index contributed by atoms with van der Waals surface area (Å²) in [5, 5.41) is 8.73. The minimum atomic E-state index is -4.92. The molecular formula is C8H11F3N2O3. The summed E-state index contributed by atoms with van der Waals surface area (Å²) in [5.74, 6) is -3.20. The number of carboxylic acids is 1. The molecule has 16 heavy (non-hydrogen) atoms. The Morgan fingerprint density at radius 2 is 1.69 bits per heavy atom. The van der Waals surface area contributed by atoms with E-state index in [4.69, 9.17) is 10.8 Å². The molecule has 0 spiro atoms. The largest absolute Gasteiger partial charge is 0.480 e. The topological polar surface area (TPSA) is 83.6 Å². The number of carbonyl (C=O) groups is 2. The third-order valence-corrected chi connectivity index (χ3v) is 2.61. The zero-order valence-electron chi connectivity index (χ0n) is 8.25. The summed E-state index contributed by atoms with van der Waals surface area (Å²) in [4.78, 5) is 22.1. The fourth-order valence-electron chi connectivity index (χ4n) is 1.50. The number of amides is 1. The van der Waals surface area contributed by atoms with Gasteiger partial charge in [-0.05, 0) is 12.8 Å². The number of nitrogens with two attached hydrogens (primary N) is 1. The van der Waals surface area contributed by atoms with Crippen LogP contribution in [-0.2, 0) is 9.59 Å². The number of alkyl halides is 3. The normalized spacial score (nSPS) is 20.6. The molecule has 0 saturated carbocycles. The molecule has 1 saturated heterocycles. The first kappa shape index (κ1) is 12.8. The van der Waals surface area contributed by atoms with Crippen LogP contribution in [0.2, 0.25) is 0 Å². The van der Waals surface area contributed by atoms with Crippen LogP contribution in [-0.4, -0.2) is 46.7 Å². The maximum absolute atomic E-state index is 12.0. The lowest BCUT2D eigenvalue weighted by atomic mass is 9.89. The van der Waals surface area contributed by atoms with Gasteiger partial charge in [-0.2, -0.15) is 13.2 Å². The van der Waals surface area contributed by atoms with E-state index in [-0.39, 0.29) is 25.9 Å². The van der Waals surface area contributed by atoms with Crippen LogP contribution in [0.1, 0.15) is 12.8 Å². The molecule has 1 heterocycles. The second kappa shape index (κ2) is 3.93. The van der Waals surface area contributed by atoms with Crippen LogP contribution in [0, 0.1) is 0 Å². The van der Waals surface area contributed by atoms with E-state index in [1.807, 2.05) is 0 Å². The number of likely N-dealkylation sites (tertiary alicyclic amines) is 1. The lowest BCUT2D eigenvalue weighted by molar-refractivity contribution is -0.187. The Morgan fingerprint density at radius 1 is 1.25 bits per heavy atom. The predicted molar refractivity (Wildman–Crippen MR) is 46.4 cm³/mol. The van der Waals surface area contributed by atoms with Gasteiger partial charge in [0.1, 0.15) is 5.54 Å². The lowest BCUT2D eigenvalue weighted by Crippen LogP contribution is -2.58. The zero-order valence-corrected chi connectivity index (χ0v) is 8.25. The fraction of sp³-hybridized carbons (Fsp3) is 0.750. The minimum Gasteiger partial charge on any atom is -0.480 e. The van der Waals surface area contributed by atoms with Gasteiger partial charge in [0.05, 0.1) is 0 Å². The molecule has 1 amide bonds. The molecule has 92 valence electrons. The van der Waals surface area contributed by atoms with Gasteiger partial charge in [0.25, 0.3) is 0 Å². The summed E-state index contributed by atoms with van der Waals surface area (Å²) < 4.78 is 36.1. The van der Waals surface area contributed by atoms with E-state index in [0.29, 0.717) is 4.90 Å². The number of halogens is 3. The molecule has 1 aliphatic rings. The van der Waals surface area contributed by atoms with Gasteiger partial charge in [0.15, 0.2) is 0 Å². The van der Waals surface area contributed by atoms with Crippen molar-refractivity contribution in [1.82, 2.24) is 4.90 Å². The van der Waals surface area contributed by atoms with E-state index in [1.165, 1.54) is 0 Å². The van der Waals surface area contributed by atoms with E-state index in [9.17, 15) is 22.8 Å². The molecule has 3 N–H and O–H groups in total. The number of rotatable bonds is 1. The Kier molecular flexibility index (Phi) is 3.13. The predicted octanol–water partition coefficient (Wildman–Crippen LogP) is -0.0468. The zero-order chi connectivity index (χ0) is 12.6. The summed E-state index contributed by atoms with van der Waals surface area (Å²) in [6.07, 6.45) is -5.27. The molecular weight excluding hydrogens is 229 g/mol. The maximum atomic E-state index is 12.0. The van der Waals surface area contributed by atoms with Crippen LogP contribution in [0.3, 0.4) is 0 Å². The first-order valence-corrected chi connectivity index (χ1v) is 4.55. The van der Waals surface area contributed by atoms with Crippen molar-refractivity contribution < 1.29 is 27.9 Å². The number of carbonyl (C=O) groups excluding carboxylic acids is 1. The molecule has 0 atom stereocenters. The van der Waals surface area contributed by atoms with Gasteiger partial charge in [-0.3, -0.25) is 9.59 Å². The molecule has 5 nitrogen and oxygen atoms in total. The number of aliphatic carboxylic acids is 1. The molecule has 0 radical (unpaired) electrons. The first-order valence-electron chi connectivity index (χ1n) is 4.55. The third-order valence-electron chi connectivity index (χ3n) is 2.61. The average Bonchev–Trinajstić information content (AvgIpc) is 2.16. The summed E-state index contributed by atoms with van der Waals surface area (Å²) in [5.41, 5.74) is 3.93. The highest BCUT2D eigenvalue weighted by atomic mass is 19.4. The Balaban J connectivity index is 2.63. The van der Waals surface area contributed by atoms with Gasteiger partial charge in [0, 0.05) is 13.1 Å². The Labute approximate surface area is 89.0 Å². The van der Waals surface area contributed by atoms with Gasteiger partial charge in [-0.25, -0.2) is 0 Å². The highest BCUT2D eigenvalue weighted by Crippen LogP contribution is 2.25. The van der Waals surface area contributed by atoms with Crippen molar-refractivity contribution in [3.63, 3.8) is 0 Å². The summed E-state index contributed by atoms with van der Waals surface area (Å²) in [6, 6.07) is 0. The van der Waals surface area contributed by atoms with Crippen LogP contribution >= 0.6 is 0 Å². The molecule has 1 fully saturated rings. The van der Waals surface area contributed by atoms with Crippen LogP contribution in [0.25, 0.3) is 0 Å². The fourth-order valence-corrected chi connectivity index (χ4v) is 1.50. The highest BCUT2D eigenvalue weighted by molar-refractivity contribution is 5.83. The van der Waals surface area contributed by atoms with E-state index in [0.717, 1.165) is 0 Å². The second-order valence-electron chi connectivity index (χ2n) is 3.75. The molecule has 0 aromatic carbocycles. The molecule has 1 aliphatic heterocycles. The SMILES string of the molecule is NC1(C(=O)O)CCN(C(=O)C(F)(F)F)CC1. The van der Waals surface area contributed by atoms with Crippen molar-refractivity contribution in [1.29, 1.82) is 0 Å². The number of hydrogen-bond donors (Lipinski definition) is 2. The highest BCUT2D eigenvalue weighted by Gasteiger charge is 2.46. The number of hydrogen-bond acceptors (Lipinski definition) is 3. The Bertz CT molecular complexity index is 308. The summed E-state index contributed by atoms with van der Waals surface area (Å²) >= 11 is 0. The van der Waals surface area contributed by atoms with Crippen LogP contribution in [0.4, 0.5) is 13.2 Å². The van der Waals surface area contributed by atoms with Crippen LogP contribution in [0.15, 0.2) is 0 Å².